The van der Waals surface area contributed by atoms with E-state index in [1.54, 1.807) is 6.07 Å². The molecule has 0 N–H and O–H groups in total. The van der Waals surface area contributed by atoms with E-state index >= 15 is 0 Å². The highest BCUT2D eigenvalue weighted by atomic mass is 19.4. The van der Waals surface area contributed by atoms with Crippen molar-refractivity contribution in [3.8, 4) is 5.75 Å². The van der Waals surface area contributed by atoms with Crippen LogP contribution in [-0.2, 0) is 0 Å². The number of hydrogen-bond acceptors (Lipinski definition) is 3. The first-order chi connectivity index (χ1) is 10.7. The minimum Gasteiger partial charge on any atom is -0.404 e. The standard InChI is InChI=1S/C17H25F3N2O/c1-12(2)13-5-6-15(16(11-13)23-17(18,19)20)22-9-7-14(8-10-22)21(3)4/h5-6,11-12,14H,7-10H2,1-4H3. The normalized spacial score (nSPS) is 17.2. The zero-order valence-electron chi connectivity index (χ0n) is 14.2. The lowest BCUT2D eigenvalue weighted by atomic mass is 10.00. The largest absolute Gasteiger partial charge is 0.573 e. The van der Waals surface area contributed by atoms with Crippen LogP contribution in [0.25, 0.3) is 0 Å². The second-order valence-electron chi connectivity index (χ2n) is 6.61. The van der Waals surface area contributed by atoms with Crippen molar-refractivity contribution in [2.75, 3.05) is 32.1 Å². The minimum absolute atomic E-state index is 0.0907. The first-order valence-electron chi connectivity index (χ1n) is 7.98. The molecule has 1 aliphatic heterocycles. The highest BCUT2D eigenvalue weighted by molar-refractivity contribution is 5.60. The van der Waals surface area contributed by atoms with Crippen molar-refractivity contribution in [2.24, 2.45) is 0 Å². The Kier molecular flexibility index (Phi) is 5.45. The smallest absolute Gasteiger partial charge is 0.404 e. The maximum Gasteiger partial charge on any atom is 0.573 e. The summed E-state index contributed by atoms with van der Waals surface area (Å²) in [6.07, 6.45) is -2.80. The van der Waals surface area contributed by atoms with Crippen LogP contribution in [0.1, 0.15) is 38.2 Å². The second-order valence-corrected chi connectivity index (χ2v) is 6.61. The van der Waals surface area contributed by atoms with Gasteiger partial charge in [0.05, 0.1) is 5.69 Å². The molecule has 0 radical (unpaired) electrons. The Hall–Kier alpha value is -1.43. The summed E-state index contributed by atoms with van der Waals surface area (Å²) in [5, 5.41) is 0. The summed E-state index contributed by atoms with van der Waals surface area (Å²) in [7, 11) is 4.08. The van der Waals surface area contributed by atoms with Gasteiger partial charge < -0.3 is 14.5 Å². The van der Waals surface area contributed by atoms with Crippen LogP contribution in [0.2, 0.25) is 0 Å². The molecule has 2 rings (SSSR count). The van der Waals surface area contributed by atoms with Gasteiger partial charge in [0.15, 0.2) is 5.75 Å². The third-order valence-corrected chi connectivity index (χ3v) is 4.41. The number of ether oxygens (including phenoxy) is 1. The molecule has 23 heavy (non-hydrogen) atoms. The van der Waals surface area contributed by atoms with E-state index < -0.39 is 6.36 Å². The van der Waals surface area contributed by atoms with Crippen molar-refractivity contribution in [3.05, 3.63) is 23.8 Å². The zero-order valence-corrected chi connectivity index (χ0v) is 14.2. The number of anilines is 1. The van der Waals surface area contributed by atoms with Gasteiger partial charge in [-0.3, -0.25) is 0 Å². The maximum absolute atomic E-state index is 12.7. The highest BCUT2D eigenvalue weighted by Crippen LogP contribution is 2.37. The van der Waals surface area contributed by atoms with E-state index in [1.807, 2.05) is 38.9 Å². The Labute approximate surface area is 136 Å². The third kappa shape index (κ3) is 4.77. The number of benzene rings is 1. The monoisotopic (exact) mass is 330 g/mol. The first-order valence-corrected chi connectivity index (χ1v) is 7.98. The average molecular weight is 330 g/mol. The first kappa shape index (κ1) is 17.9. The van der Waals surface area contributed by atoms with E-state index in [1.165, 1.54) is 6.07 Å². The zero-order chi connectivity index (χ0) is 17.2. The number of hydrogen-bond donors (Lipinski definition) is 0. The Morgan fingerprint density at radius 2 is 1.78 bits per heavy atom. The molecule has 0 aliphatic carbocycles. The van der Waals surface area contributed by atoms with E-state index in [4.69, 9.17) is 0 Å². The molecule has 0 saturated carbocycles. The third-order valence-electron chi connectivity index (χ3n) is 4.41. The number of alkyl halides is 3. The van der Waals surface area contributed by atoms with Gasteiger partial charge in [0, 0.05) is 19.1 Å². The van der Waals surface area contributed by atoms with Gasteiger partial charge in [-0.1, -0.05) is 19.9 Å². The molecule has 0 amide bonds. The van der Waals surface area contributed by atoms with Crippen LogP contribution in [0.4, 0.5) is 18.9 Å². The molecule has 0 unspecified atom stereocenters. The summed E-state index contributed by atoms with van der Waals surface area (Å²) in [6.45, 7) is 5.38. The fourth-order valence-electron chi connectivity index (χ4n) is 2.98. The van der Waals surface area contributed by atoms with Crippen LogP contribution in [0.5, 0.6) is 5.75 Å². The van der Waals surface area contributed by atoms with E-state index in [-0.39, 0.29) is 11.7 Å². The predicted octanol–water partition coefficient (Wildman–Crippen LogP) is 4.24. The fourth-order valence-corrected chi connectivity index (χ4v) is 2.98. The summed E-state index contributed by atoms with van der Waals surface area (Å²) >= 11 is 0. The molecule has 1 fully saturated rings. The van der Waals surface area contributed by atoms with E-state index in [2.05, 4.69) is 9.64 Å². The molecule has 1 saturated heterocycles. The van der Waals surface area contributed by atoms with Gasteiger partial charge in [0.25, 0.3) is 0 Å². The van der Waals surface area contributed by atoms with Gasteiger partial charge in [0.1, 0.15) is 0 Å². The maximum atomic E-state index is 12.7. The van der Waals surface area contributed by atoms with Gasteiger partial charge in [-0.25, -0.2) is 0 Å². The summed E-state index contributed by atoms with van der Waals surface area (Å²) in [5.41, 5.74) is 1.38. The second kappa shape index (κ2) is 6.99. The Balaban J connectivity index is 2.23. The van der Waals surface area contributed by atoms with E-state index in [9.17, 15) is 13.2 Å². The summed E-state index contributed by atoms with van der Waals surface area (Å²) < 4.78 is 42.5. The molecule has 1 aromatic rings. The highest BCUT2D eigenvalue weighted by Gasteiger charge is 2.33. The number of halogens is 3. The van der Waals surface area contributed by atoms with Crippen LogP contribution >= 0.6 is 0 Å². The molecule has 3 nitrogen and oxygen atoms in total. The van der Waals surface area contributed by atoms with Gasteiger partial charge in [-0.15, -0.1) is 13.2 Å². The molecule has 6 heteroatoms. The van der Waals surface area contributed by atoms with Gasteiger partial charge >= 0.3 is 6.36 Å². The number of nitrogens with zero attached hydrogens (tertiary/aromatic N) is 2. The van der Waals surface area contributed by atoms with Crippen LogP contribution in [0.3, 0.4) is 0 Å². The molecule has 130 valence electrons. The molecule has 1 aliphatic rings. The van der Waals surface area contributed by atoms with Crippen molar-refractivity contribution in [1.29, 1.82) is 0 Å². The molecular weight excluding hydrogens is 305 g/mol. The van der Waals surface area contributed by atoms with E-state index in [0.717, 1.165) is 31.5 Å². The molecule has 1 heterocycles. The SMILES string of the molecule is CC(C)c1ccc(N2CCC(N(C)C)CC2)c(OC(F)(F)F)c1. The number of piperidine rings is 1. The molecular formula is C17H25F3N2O. The Morgan fingerprint density at radius 3 is 2.26 bits per heavy atom. The lowest BCUT2D eigenvalue weighted by Crippen LogP contribution is -2.42. The summed E-state index contributed by atoms with van der Waals surface area (Å²) in [6, 6.07) is 5.65. The van der Waals surface area contributed by atoms with Crippen LogP contribution in [0, 0.1) is 0 Å². The van der Waals surface area contributed by atoms with Gasteiger partial charge in [-0.05, 0) is 50.6 Å². The van der Waals surface area contributed by atoms with Gasteiger partial charge in [-0.2, -0.15) is 0 Å². The minimum atomic E-state index is -4.67. The fraction of sp³-hybridized carbons (Fsp3) is 0.647. The molecule has 0 spiro atoms. The van der Waals surface area contributed by atoms with E-state index in [0.29, 0.717) is 11.7 Å². The van der Waals surface area contributed by atoms with Crippen molar-refractivity contribution >= 4 is 5.69 Å². The van der Waals surface area contributed by atoms with Crippen LogP contribution in [0.15, 0.2) is 18.2 Å². The average Bonchev–Trinajstić information content (AvgIpc) is 2.45. The summed E-state index contributed by atoms with van der Waals surface area (Å²) in [4.78, 5) is 4.16. The quantitative estimate of drug-likeness (QED) is 0.821. The Bertz CT molecular complexity index is 521. The molecule has 0 atom stereocenters. The topological polar surface area (TPSA) is 15.7 Å². The molecule has 1 aromatic carbocycles. The predicted molar refractivity (Wildman–Crippen MR) is 86.1 cm³/mol. The molecule has 0 bridgehead atoms. The lowest BCUT2D eigenvalue weighted by Gasteiger charge is -2.37. The van der Waals surface area contributed by atoms with Crippen molar-refractivity contribution in [3.63, 3.8) is 0 Å². The Morgan fingerprint density at radius 1 is 1.17 bits per heavy atom. The van der Waals surface area contributed by atoms with Crippen molar-refractivity contribution < 1.29 is 17.9 Å². The number of rotatable bonds is 4. The van der Waals surface area contributed by atoms with Crippen LogP contribution < -0.4 is 9.64 Å². The summed E-state index contributed by atoms with van der Waals surface area (Å²) in [5.74, 6) is 0.0612. The van der Waals surface area contributed by atoms with Gasteiger partial charge in [0.2, 0.25) is 0 Å². The van der Waals surface area contributed by atoms with Crippen LogP contribution in [-0.4, -0.2) is 44.5 Å². The lowest BCUT2D eigenvalue weighted by molar-refractivity contribution is -0.274. The van der Waals surface area contributed by atoms with Crippen molar-refractivity contribution in [2.45, 2.75) is 45.0 Å². The van der Waals surface area contributed by atoms with Crippen molar-refractivity contribution in [1.82, 2.24) is 4.90 Å². The molecule has 0 aromatic heterocycles.